The Bertz CT molecular complexity index is 815. The molecule has 1 saturated heterocycles. The molecule has 1 aliphatic rings. The van der Waals surface area contributed by atoms with Gasteiger partial charge in [0.25, 0.3) is 0 Å². The Balaban J connectivity index is 1.33. The molecular formula is C21H25N3O2. The highest BCUT2D eigenvalue weighted by atomic mass is 16.5. The Morgan fingerprint density at radius 3 is 2.54 bits per heavy atom. The highest BCUT2D eigenvalue weighted by molar-refractivity contribution is 5.61. The molecule has 0 saturated carbocycles. The first-order valence-electron chi connectivity index (χ1n) is 9.20. The van der Waals surface area contributed by atoms with Gasteiger partial charge in [0, 0.05) is 36.4 Å². The molecule has 0 N–H and O–H groups in total. The third kappa shape index (κ3) is 3.68. The van der Waals surface area contributed by atoms with Gasteiger partial charge in [0.05, 0.1) is 18.5 Å². The average Bonchev–Trinajstić information content (AvgIpc) is 3.34. The molecule has 1 aliphatic heterocycles. The van der Waals surface area contributed by atoms with Crippen LogP contribution in [0.5, 0.6) is 0 Å². The Morgan fingerprint density at radius 2 is 1.92 bits per heavy atom. The van der Waals surface area contributed by atoms with Gasteiger partial charge >= 0.3 is 0 Å². The minimum absolute atomic E-state index is 0.582. The summed E-state index contributed by atoms with van der Waals surface area (Å²) in [4.78, 5) is 4.85. The van der Waals surface area contributed by atoms with Gasteiger partial charge in [-0.25, -0.2) is 0 Å². The van der Waals surface area contributed by atoms with Crippen molar-refractivity contribution >= 4 is 5.69 Å². The third-order valence-electron chi connectivity index (χ3n) is 5.21. The molecule has 0 amide bonds. The van der Waals surface area contributed by atoms with E-state index in [-0.39, 0.29) is 0 Å². The van der Waals surface area contributed by atoms with Crippen LogP contribution in [0, 0.1) is 6.92 Å². The van der Waals surface area contributed by atoms with Crippen LogP contribution in [-0.2, 0) is 6.54 Å². The molecule has 4 rings (SSSR count). The van der Waals surface area contributed by atoms with Gasteiger partial charge in [-0.3, -0.25) is 4.90 Å². The van der Waals surface area contributed by atoms with Crippen LogP contribution in [0.1, 0.15) is 24.3 Å². The van der Waals surface area contributed by atoms with E-state index in [1.165, 1.54) is 5.69 Å². The quantitative estimate of drug-likeness (QED) is 0.684. The highest BCUT2D eigenvalue weighted by Gasteiger charge is 2.23. The second-order valence-corrected chi connectivity index (χ2v) is 7.09. The van der Waals surface area contributed by atoms with E-state index in [2.05, 4.69) is 46.3 Å². The first-order valence-corrected chi connectivity index (χ1v) is 9.20. The monoisotopic (exact) mass is 351 g/mol. The molecule has 0 bridgehead atoms. The summed E-state index contributed by atoms with van der Waals surface area (Å²) in [6.45, 7) is 4.93. The zero-order chi connectivity index (χ0) is 17.9. The van der Waals surface area contributed by atoms with E-state index in [1.54, 1.807) is 6.26 Å². The number of aromatic nitrogens is 1. The predicted molar refractivity (Wildman–Crippen MR) is 102 cm³/mol. The van der Waals surface area contributed by atoms with Crippen molar-refractivity contribution in [1.29, 1.82) is 0 Å². The average molecular weight is 351 g/mol. The smallest absolute Gasteiger partial charge is 0.150 e. The van der Waals surface area contributed by atoms with Crippen molar-refractivity contribution in [3.05, 3.63) is 60.2 Å². The van der Waals surface area contributed by atoms with Gasteiger partial charge in [0.15, 0.2) is 5.76 Å². The molecule has 0 unspecified atom stereocenters. The lowest BCUT2D eigenvalue weighted by atomic mass is 10.0. The van der Waals surface area contributed by atoms with Crippen LogP contribution < -0.4 is 4.90 Å². The Kier molecular flexibility index (Phi) is 4.80. The molecule has 3 heterocycles. The molecule has 26 heavy (non-hydrogen) atoms. The van der Waals surface area contributed by atoms with Gasteiger partial charge in [-0.2, -0.15) is 0 Å². The van der Waals surface area contributed by atoms with E-state index < -0.39 is 0 Å². The summed E-state index contributed by atoms with van der Waals surface area (Å²) in [7, 11) is 2.18. The number of hydrogen-bond donors (Lipinski definition) is 0. The van der Waals surface area contributed by atoms with Crippen LogP contribution in [0.4, 0.5) is 5.69 Å². The number of aryl methyl sites for hydroxylation is 1. The van der Waals surface area contributed by atoms with Crippen molar-refractivity contribution in [3.8, 4) is 11.3 Å². The van der Waals surface area contributed by atoms with Crippen molar-refractivity contribution in [2.45, 2.75) is 32.4 Å². The number of rotatable bonds is 5. The van der Waals surface area contributed by atoms with E-state index in [0.29, 0.717) is 6.04 Å². The largest absolute Gasteiger partial charge is 0.464 e. The molecule has 0 radical (unpaired) electrons. The minimum atomic E-state index is 0.582. The molecule has 0 spiro atoms. The molecule has 1 fully saturated rings. The SMILES string of the molecule is Cc1cc(CN(C)C2CCN(c3ccc(-c4ccco4)cc3)CC2)on1. The Labute approximate surface area is 154 Å². The maximum atomic E-state index is 5.46. The molecule has 5 nitrogen and oxygen atoms in total. The summed E-state index contributed by atoms with van der Waals surface area (Å²) in [5.41, 5.74) is 3.35. The molecule has 2 aromatic heterocycles. The molecule has 5 heteroatoms. The zero-order valence-electron chi connectivity index (χ0n) is 15.4. The van der Waals surface area contributed by atoms with E-state index >= 15 is 0 Å². The molecule has 1 aromatic carbocycles. The summed E-state index contributed by atoms with van der Waals surface area (Å²) in [5.74, 6) is 1.86. The van der Waals surface area contributed by atoms with E-state index in [4.69, 9.17) is 8.94 Å². The van der Waals surface area contributed by atoms with Gasteiger partial charge in [-0.05, 0) is 63.2 Å². The summed E-state index contributed by atoms with van der Waals surface area (Å²) < 4.78 is 10.8. The van der Waals surface area contributed by atoms with Crippen LogP contribution in [0.15, 0.2) is 57.7 Å². The number of piperidine rings is 1. The lowest BCUT2D eigenvalue weighted by molar-refractivity contribution is 0.180. The molecular weight excluding hydrogens is 326 g/mol. The second-order valence-electron chi connectivity index (χ2n) is 7.09. The maximum Gasteiger partial charge on any atom is 0.150 e. The van der Waals surface area contributed by atoms with E-state index in [1.807, 2.05) is 25.1 Å². The number of benzene rings is 1. The van der Waals surface area contributed by atoms with Crippen molar-refractivity contribution in [2.75, 3.05) is 25.0 Å². The Morgan fingerprint density at radius 1 is 1.15 bits per heavy atom. The number of furan rings is 1. The number of hydrogen-bond acceptors (Lipinski definition) is 5. The van der Waals surface area contributed by atoms with Crippen LogP contribution in [0.25, 0.3) is 11.3 Å². The second kappa shape index (κ2) is 7.38. The first-order chi connectivity index (χ1) is 12.7. The standard InChI is InChI=1S/C21H25N3O2/c1-16-14-20(26-22-16)15-23(2)18-9-11-24(12-10-18)19-7-5-17(6-8-19)21-4-3-13-25-21/h3-8,13-14,18H,9-12,15H2,1-2H3. The lowest BCUT2D eigenvalue weighted by Gasteiger charge is -2.37. The first kappa shape index (κ1) is 16.9. The number of anilines is 1. The van der Waals surface area contributed by atoms with E-state index in [9.17, 15) is 0 Å². The van der Waals surface area contributed by atoms with Crippen molar-refractivity contribution in [2.24, 2.45) is 0 Å². The van der Waals surface area contributed by atoms with Gasteiger partial charge in [0.2, 0.25) is 0 Å². The normalized spacial score (nSPS) is 15.7. The van der Waals surface area contributed by atoms with Gasteiger partial charge in [-0.15, -0.1) is 0 Å². The fraction of sp³-hybridized carbons (Fsp3) is 0.381. The fourth-order valence-electron chi connectivity index (χ4n) is 3.71. The van der Waals surface area contributed by atoms with Gasteiger partial charge < -0.3 is 13.8 Å². The third-order valence-corrected chi connectivity index (χ3v) is 5.21. The van der Waals surface area contributed by atoms with Crippen molar-refractivity contribution in [1.82, 2.24) is 10.1 Å². The molecule has 0 atom stereocenters. The van der Waals surface area contributed by atoms with Crippen molar-refractivity contribution in [3.63, 3.8) is 0 Å². The van der Waals surface area contributed by atoms with Crippen LogP contribution >= 0.6 is 0 Å². The summed E-state index contributed by atoms with van der Waals surface area (Å²) in [5, 5.41) is 3.98. The maximum absolute atomic E-state index is 5.46. The van der Waals surface area contributed by atoms with Crippen LogP contribution in [0.2, 0.25) is 0 Å². The molecule has 0 aliphatic carbocycles. The van der Waals surface area contributed by atoms with Gasteiger partial charge in [0.1, 0.15) is 5.76 Å². The Hall–Kier alpha value is -2.53. The summed E-state index contributed by atoms with van der Waals surface area (Å²) in [6, 6.07) is 15.2. The number of nitrogens with zero attached hydrogens (tertiary/aromatic N) is 3. The lowest BCUT2D eigenvalue weighted by Crippen LogP contribution is -2.43. The van der Waals surface area contributed by atoms with Crippen LogP contribution in [-0.4, -0.2) is 36.2 Å². The van der Waals surface area contributed by atoms with Crippen LogP contribution in [0.3, 0.4) is 0 Å². The van der Waals surface area contributed by atoms with Crippen molar-refractivity contribution < 1.29 is 8.94 Å². The summed E-state index contributed by atoms with van der Waals surface area (Å²) >= 11 is 0. The topological polar surface area (TPSA) is 45.7 Å². The molecule has 3 aromatic rings. The predicted octanol–water partition coefficient (Wildman–Crippen LogP) is 4.34. The summed E-state index contributed by atoms with van der Waals surface area (Å²) in [6.07, 6.45) is 4.03. The minimum Gasteiger partial charge on any atom is -0.464 e. The zero-order valence-corrected chi connectivity index (χ0v) is 15.4. The van der Waals surface area contributed by atoms with Gasteiger partial charge in [-0.1, -0.05) is 5.16 Å². The van der Waals surface area contributed by atoms with E-state index in [0.717, 1.165) is 55.3 Å². The highest BCUT2D eigenvalue weighted by Crippen LogP contribution is 2.26. The fourth-order valence-corrected chi connectivity index (χ4v) is 3.71. The molecule has 136 valence electrons.